The predicted molar refractivity (Wildman–Crippen MR) is 101 cm³/mol. The number of imidazole rings is 1. The van der Waals surface area contributed by atoms with Crippen molar-refractivity contribution in [3.63, 3.8) is 0 Å². The molecular formula is C16H23N5O5S. The molecule has 0 saturated carbocycles. The zero-order chi connectivity index (χ0) is 20.3. The van der Waals surface area contributed by atoms with Crippen molar-refractivity contribution in [1.29, 1.82) is 0 Å². The largest absolute Gasteiger partial charge is 0.465 e. The first kappa shape index (κ1) is 20.7. The number of amides is 1. The van der Waals surface area contributed by atoms with Crippen LogP contribution < -0.4 is 16.6 Å². The normalized spacial score (nSPS) is 11.2. The Labute approximate surface area is 159 Å². The van der Waals surface area contributed by atoms with Crippen molar-refractivity contribution >= 4 is 34.8 Å². The fourth-order valence-corrected chi connectivity index (χ4v) is 3.49. The van der Waals surface area contributed by atoms with Gasteiger partial charge in [0.2, 0.25) is 5.91 Å². The molecule has 1 N–H and O–H groups in total. The van der Waals surface area contributed by atoms with Crippen molar-refractivity contribution in [3.05, 3.63) is 20.8 Å². The van der Waals surface area contributed by atoms with E-state index in [1.165, 1.54) is 11.6 Å². The second-order valence-corrected chi connectivity index (χ2v) is 7.05. The molecule has 2 aromatic heterocycles. The molecule has 0 aliphatic heterocycles. The second-order valence-electron chi connectivity index (χ2n) is 6.11. The van der Waals surface area contributed by atoms with Crippen LogP contribution in [0.1, 0.15) is 26.8 Å². The fraction of sp³-hybridized carbons (Fsp3) is 0.562. The Morgan fingerprint density at radius 2 is 1.89 bits per heavy atom. The van der Waals surface area contributed by atoms with Gasteiger partial charge in [0.1, 0.15) is 6.54 Å². The summed E-state index contributed by atoms with van der Waals surface area (Å²) in [5.41, 5.74) is -0.326. The molecule has 0 aliphatic rings. The molecule has 148 valence electrons. The Morgan fingerprint density at radius 1 is 1.22 bits per heavy atom. The lowest BCUT2D eigenvalue weighted by atomic mass is 10.4. The zero-order valence-corrected chi connectivity index (χ0v) is 16.8. The number of hydrogen-bond donors (Lipinski definition) is 1. The van der Waals surface area contributed by atoms with Gasteiger partial charge in [0.05, 0.1) is 12.4 Å². The highest BCUT2D eigenvalue weighted by Crippen LogP contribution is 2.25. The van der Waals surface area contributed by atoms with Gasteiger partial charge in [-0.05, 0) is 20.8 Å². The van der Waals surface area contributed by atoms with Crippen LogP contribution in [0.3, 0.4) is 0 Å². The maximum atomic E-state index is 12.6. The van der Waals surface area contributed by atoms with E-state index >= 15 is 0 Å². The van der Waals surface area contributed by atoms with Gasteiger partial charge < -0.3 is 14.6 Å². The van der Waals surface area contributed by atoms with E-state index in [-0.39, 0.29) is 36.5 Å². The fourth-order valence-electron chi connectivity index (χ4n) is 2.54. The minimum Gasteiger partial charge on any atom is -0.465 e. The molecule has 11 heteroatoms. The minimum atomic E-state index is -0.510. The summed E-state index contributed by atoms with van der Waals surface area (Å²) < 4.78 is 8.79. The number of fused-ring (bicyclic) bond motifs is 1. The van der Waals surface area contributed by atoms with Crippen molar-refractivity contribution in [1.82, 2.24) is 24.0 Å². The van der Waals surface area contributed by atoms with E-state index in [9.17, 15) is 19.2 Å². The van der Waals surface area contributed by atoms with Crippen LogP contribution in [0, 0.1) is 0 Å². The van der Waals surface area contributed by atoms with Gasteiger partial charge in [-0.2, -0.15) is 0 Å². The van der Waals surface area contributed by atoms with Crippen molar-refractivity contribution in [2.45, 2.75) is 32.0 Å². The lowest BCUT2D eigenvalue weighted by Crippen LogP contribution is -2.37. The van der Waals surface area contributed by atoms with E-state index in [1.807, 2.05) is 13.8 Å². The average Bonchev–Trinajstić information content (AvgIpc) is 3.01. The van der Waals surface area contributed by atoms with Crippen LogP contribution in [0.25, 0.3) is 11.2 Å². The predicted octanol–water partition coefficient (Wildman–Crippen LogP) is -0.214. The number of aromatic nitrogens is 4. The molecule has 0 fully saturated rings. The van der Waals surface area contributed by atoms with Crippen LogP contribution in [0.5, 0.6) is 0 Å². The highest BCUT2D eigenvalue weighted by atomic mass is 32.2. The summed E-state index contributed by atoms with van der Waals surface area (Å²) in [7, 11) is 2.96. The summed E-state index contributed by atoms with van der Waals surface area (Å²) in [4.78, 5) is 52.3. The van der Waals surface area contributed by atoms with Gasteiger partial charge in [0, 0.05) is 20.1 Å². The third kappa shape index (κ3) is 4.24. The lowest BCUT2D eigenvalue weighted by molar-refractivity contribution is -0.143. The van der Waals surface area contributed by atoms with Crippen LogP contribution >= 0.6 is 11.8 Å². The number of esters is 1. The number of ether oxygens (including phenoxy) is 1. The van der Waals surface area contributed by atoms with Crippen LogP contribution in [0.4, 0.5) is 0 Å². The van der Waals surface area contributed by atoms with Gasteiger partial charge in [-0.1, -0.05) is 11.8 Å². The SMILES string of the molecule is CCOC(=O)CNC(=O)CSc1nc2c(c(=O)n(C)c(=O)n2C)n1C(C)C. The number of thioether (sulfide) groups is 1. The molecule has 2 rings (SSSR count). The minimum absolute atomic E-state index is 0.00368. The van der Waals surface area contributed by atoms with Crippen molar-refractivity contribution in [2.24, 2.45) is 14.1 Å². The topological polar surface area (TPSA) is 117 Å². The van der Waals surface area contributed by atoms with Crippen LogP contribution in [-0.2, 0) is 28.4 Å². The first-order valence-electron chi connectivity index (χ1n) is 8.42. The van der Waals surface area contributed by atoms with E-state index < -0.39 is 17.2 Å². The second kappa shape index (κ2) is 8.42. The Bertz CT molecular complexity index is 988. The maximum Gasteiger partial charge on any atom is 0.332 e. The van der Waals surface area contributed by atoms with Crippen molar-refractivity contribution in [2.75, 3.05) is 18.9 Å². The summed E-state index contributed by atoms with van der Waals surface area (Å²) in [6.07, 6.45) is 0. The summed E-state index contributed by atoms with van der Waals surface area (Å²) in [6, 6.07) is -0.106. The van der Waals surface area contributed by atoms with Crippen LogP contribution in [0.2, 0.25) is 0 Å². The molecular weight excluding hydrogens is 374 g/mol. The lowest BCUT2D eigenvalue weighted by Gasteiger charge is -2.12. The summed E-state index contributed by atoms with van der Waals surface area (Å²) >= 11 is 1.13. The summed E-state index contributed by atoms with van der Waals surface area (Å²) in [6.45, 7) is 5.50. The zero-order valence-electron chi connectivity index (χ0n) is 15.9. The molecule has 0 aliphatic carbocycles. The number of hydrogen-bond acceptors (Lipinski definition) is 7. The highest BCUT2D eigenvalue weighted by Gasteiger charge is 2.21. The van der Waals surface area contributed by atoms with E-state index in [0.717, 1.165) is 16.3 Å². The van der Waals surface area contributed by atoms with Gasteiger partial charge in [-0.25, -0.2) is 9.78 Å². The molecule has 0 atom stereocenters. The van der Waals surface area contributed by atoms with Gasteiger partial charge in [0.15, 0.2) is 16.3 Å². The molecule has 1 amide bonds. The Kier molecular flexibility index (Phi) is 6.47. The number of nitrogens with one attached hydrogen (secondary N) is 1. The van der Waals surface area contributed by atoms with Crippen LogP contribution in [-0.4, -0.2) is 49.5 Å². The highest BCUT2D eigenvalue weighted by molar-refractivity contribution is 7.99. The molecule has 0 radical (unpaired) electrons. The van der Waals surface area contributed by atoms with Gasteiger partial charge in [0.25, 0.3) is 5.56 Å². The molecule has 10 nitrogen and oxygen atoms in total. The average molecular weight is 397 g/mol. The molecule has 0 spiro atoms. The van der Waals surface area contributed by atoms with E-state index in [2.05, 4.69) is 10.3 Å². The van der Waals surface area contributed by atoms with E-state index in [1.54, 1.807) is 18.5 Å². The Morgan fingerprint density at radius 3 is 2.48 bits per heavy atom. The van der Waals surface area contributed by atoms with E-state index in [0.29, 0.717) is 10.7 Å². The number of rotatable bonds is 7. The van der Waals surface area contributed by atoms with E-state index in [4.69, 9.17) is 4.74 Å². The standard InChI is InChI=1S/C16H23N5O5S/c1-6-26-11(23)7-17-10(22)8-27-15-18-13-12(21(15)9(2)3)14(24)20(5)16(25)19(13)4/h9H,6-8H2,1-5H3,(H,17,22). The first-order chi connectivity index (χ1) is 12.7. The van der Waals surface area contributed by atoms with Gasteiger partial charge in [-0.3, -0.25) is 23.5 Å². The monoisotopic (exact) mass is 397 g/mol. The molecule has 2 aromatic rings. The Hall–Kier alpha value is -2.56. The molecule has 0 aromatic carbocycles. The molecule has 0 saturated heterocycles. The van der Waals surface area contributed by atoms with Gasteiger partial charge in [-0.15, -0.1) is 0 Å². The van der Waals surface area contributed by atoms with Gasteiger partial charge >= 0.3 is 11.7 Å². The Balaban J connectivity index is 2.30. The van der Waals surface area contributed by atoms with Crippen molar-refractivity contribution in [3.8, 4) is 0 Å². The van der Waals surface area contributed by atoms with Crippen molar-refractivity contribution < 1.29 is 14.3 Å². The molecule has 2 heterocycles. The molecule has 0 bridgehead atoms. The summed E-state index contributed by atoms with van der Waals surface area (Å²) in [5.74, 6) is -0.870. The molecule has 0 unspecified atom stereocenters. The number of nitrogens with zero attached hydrogens (tertiary/aromatic N) is 4. The first-order valence-corrected chi connectivity index (χ1v) is 9.40. The summed E-state index contributed by atoms with van der Waals surface area (Å²) in [5, 5.41) is 2.92. The third-order valence-electron chi connectivity index (χ3n) is 3.84. The maximum absolute atomic E-state index is 12.6. The number of carbonyl (C=O) groups is 2. The smallest absolute Gasteiger partial charge is 0.332 e. The molecule has 27 heavy (non-hydrogen) atoms. The van der Waals surface area contributed by atoms with Crippen LogP contribution in [0.15, 0.2) is 14.7 Å². The number of aryl methyl sites for hydroxylation is 1. The number of carbonyl (C=O) groups excluding carboxylic acids is 2. The quantitative estimate of drug-likeness (QED) is 0.507. The third-order valence-corrected chi connectivity index (χ3v) is 4.80.